The van der Waals surface area contributed by atoms with Gasteiger partial charge in [0.25, 0.3) is 5.91 Å². The quantitative estimate of drug-likeness (QED) is 0.899. The second-order valence-corrected chi connectivity index (χ2v) is 6.00. The minimum atomic E-state index is -0.996. The van der Waals surface area contributed by atoms with E-state index in [2.05, 4.69) is 0 Å². The maximum absolute atomic E-state index is 12.5. The van der Waals surface area contributed by atoms with Crippen LogP contribution in [0.4, 0.5) is 0 Å². The molecule has 1 aromatic rings. The van der Waals surface area contributed by atoms with Crippen LogP contribution in [0.25, 0.3) is 0 Å². The van der Waals surface area contributed by atoms with E-state index < -0.39 is 18.2 Å². The van der Waals surface area contributed by atoms with Crippen LogP contribution in [0.15, 0.2) is 30.3 Å². The van der Waals surface area contributed by atoms with Gasteiger partial charge in [-0.3, -0.25) is 4.79 Å². The van der Waals surface area contributed by atoms with E-state index in [9.17, 15) is 9.59 Å². The third-order valence-electron chi connectivity index (χ3n) is 4.33. The molecule has 2 saturated heterocycles. The first-order valence-corrected chi connectivity index (χ1v) is 7.96. The van der Waals surface area contributed by atoms with Crippen molar-refractivity contribution in [2.45, 2.75) is 37.6 Å². The van der Waals surface area contributed by atoms with Crippen molar-refractivity contribution in [3.05, 3.63) is 35.9 Å². The Morgan fingerprint density at radius 3 is 2.61 bits per heavy atom. The molecule has 23 heavy (non-hydrogen) atoms. The summed E-state index contributed by atoms with van der Waals surface area (Å²) >= 11 is 0. The molecule has 6 nitrogen and oxygen atoms in total. The lowest BCUT2D eigenvalue weighted by Gasteiger charge is -2.34. The number of carboxylic acid groups (broad SMARTS) is 1. The van der Waals surface area contributed by atoms with E-state index in [-0.39, 0.29) is 12.0 Å². The summed E-state index contributed by atoms with van der Waals surface area (Å²) in [5.41, 5.74) is 1.18. The number of benzene rings is 1. The van der Waals surface area contributed by atoms with Gasteiger partial charge in [-0.1, -0.05) is 30.3 Å². The van der Waals surface area contributed by atoms with E-state index in [1.54, 1.807) is 4.90 Å². The second kappa shape index (κ2) is 7.10. The third kappa shape index (κ3) is 3.89. The van der Waals surface area contributed by atoms with Gasteiger partial charge in [0.15, 0.2) is 6.10 Å². The Morgan fingerprint density at radius 2 is 1.91 bits per heavy atom. The number of carbonyl (C=O) groups excluding carboxylic acids is 1. The van der Waals surface area contributed by atoms with Crippen LogP contribution in [0.2, 0.25) is 0 Å². The summed E-state index contributed by atoms with van der Waals surface area (Å²) in [6, 6.07) is 10.0. The molecule has 6 heteroatoms. The molecule has 1 amide bonds. The van der Waals surface area contributed by atoms with Gasteiger partial charge in [0.1, 0.15) is 6.10 Å². The summed E-state index contributed by atoms with van der Waals surface area (Å²) in [5.74, 6) is -1.11. The first-order chi connectivity index (χ1) is 11.1. The maximum Gasteiger partial charge on any atom is 0.332 e. The van der Waals surface area contributed by atoms with Crippen molar-refractivity contribution in [2.24, 2.45) is 0 Å². The molecule has 0 aromatic heterocycles. The van der Waals surface area contributed by atoms with Gasteiger partial charge in [-0.2, -0.15) is 0 Å². The molecule has 1 N–H and O–H groups in total. The Bertz CT molecular complexity index is 561. The molecule has 124 valence electrons. The summed E-state index contributed by atoms with van der Waals surface area (Å²) in [4.78, 5) is 25.2. The van der Waals surface area contributed by atoms with Crippen LogP contribution in [0.1, 0.15) is 18.4 Å². The zero-order valence-electron chi connectivity index (χ0n) is 12.9. The van der Waals surface area contributed by atoms with Crippen molar-refractivity contribution in [2.75, 3.05) is 19.7 Å². The lowest BCUT2D eigenvalue weighted by molar-refractivity contribution is -0.158. The highest BCUT2D eigenvalue weighted by Gasteiger charge is 2.38. The number of ether oxygens (including phenoxy) is 2. The minimum absolute atomic E-state index is 0.0354. The van der Waals surface area contributed by atoms with E-state index in [0.29, 0.717) is 32.5 Å². The van der Waals surface area contributed by atoms with Crippen molar-refractivity contribution >= 4 is 11.9 Å². The number of amides is 1. The Kier molecular flexibility index (Phi) is 4.93. The largest absolute Gasteiger partial charge is 0.479 e. The van der Waals surface area contributed by atoms with Crippen LogP contribution in [0, 0.1) is 0 Å². The highest BCUT2D eigenvalue weighted by Crippen LogP contribution is 2.23. The first-order valence-electron chi connectivity index (χ1n) is 7.96. The number of hydrogen-bond acceptors (Lipinski definition) is 4. The molecule has 2 fully saturated rings. The third-order valence-corrected chi connectivity index (χ3v) is 4.33. The summed E-state index contributed by atoms with van der Waals surface area (Å²) in [5, 5.41) is 8.96. The van der Waals surface area contributed by atoms with Crippen LogP contribution in [0.5, 0.6) is 0 Å². The zero-order valence-corrected chi connectivity index (χ0v) is 12.9. The normalized spacial score (nSPS) is 27.8. The lowest BCUT2D eigenvalue weighted by Crippen LogP contribution is -2.49. The minimum Gasteiger partial charge on any atom is -0.479 e. The van der Waals surface area contributed by atoms with Crippen LogP contribution in [0.3, 0.4) is 0 Å². The predicted octanol–water partition coefficient (Wildman–Crippen LogP) is 1.09. The molecule has 0 saturated carbocycles. The summed E-state index contributed by atoms with van der Waals surface area (Å²) in [7, 11) is 0. The number of rotatable bonds is 4. The van der Waals surface area contributed by atoms with Gasteiger partial charge in [0.2, 0.25) is 0 Å². The van der Waals surface area contributed by atoms with Crippen LogP contribution >= 0.6 is 0 Å². The van der Waals surface area contributed by atoms with Gasteiger partial charge < -0.3 is 19.5 Å². The summed E-state index contributed by atoms with van der Waals surface area (Å²) in [6.45, 7) is 1.55. The molecule has 3 rings (SSSR count). The van der Waals surface area contributed by atoms with Crippen LogP contribution in [-0.2, 0) is 25.5 Å². The van der Waals surface area contributed by atoms with Crippen LogP contribution in [-0.4, -0.2) is 59.9 Å². The fraction of sp³-hybridized carbons (Fsp3) is 0.529. The molecular weight excluding hydrogens is 298 g/mol. The SMILES string of the molecule is O=C(O)[C@H]1CC[C@@H](C(=O)N2CCOC(Cc3ccccc3)C2)O1. The average molecular weight is 319 g/mol. The van der Waals surface area contributed by atoms with E-state index in [4.69, 9.17) is 14.6 Å². The van der Waals surface area contributed by atoms with Gasteiger partial charge in [-0.25, -0.2) is 4.79 Å². The highest BCUT2D eigenvalue weighted by molar-refractivity contribution is 5.82. The maximum atomic E-state index is 12.5. The van der Waals surface area contributed by atoms with Crippen molar-refractivity contribution in [3.63, 3.8) is 0 Å². The topological polar surface area (TPSA) is 76.1 Å². The molecular formula is C17H21NO5. The van der Waals surface area contributed by atoms with E-state index in [1.807, 2.05) is 30.3 Å². The van der Waals surface area contributed by atoms with Gasteiger partial charge in [-0.05, 0) is 18.4 Å². The van der Waals surface area contributed by atoms with E-state index in [1.165, 1.54) is 5.56 Å². The van der Waals surface area contributed by atoms with Crippen LogP contribution < -0.4 is 0 Å². The summed E-state index contributed by atoms with van der Waals surface area (Å²) < 4.78 is 11.1. The zero-order chi connectivity index (χ0) is 16.2. The highest BCUT2D eigenvalue weighted by atomic mass is 16.5. The van der Waals surface area contributed by atoms with Gasteiger partial charge in [-0.15, -0.1) is 0 Å². The molecule has 0 aliphatic carbocycles. The molecule has 1 aromatic carbocycles. The summed E-state index contributed by atoms with van der Waals surface area (Å²) in [6.07, 6.45) is 0.0944. The van der Waals surface area contributed by atoms with Crippen molar-refractivity contribution in [1.29, 1.82) is 0 Å². The monoisotopic (exact) mass is 319 g/mol. The Hall–Kier alpha value is -1.92. The number of nitrogens with zero attached hydrogens (tertiary/aromatic N) is 1. The van der Waals surface area contributed by atoms with Gasteiger partial charge in [0, 0.05) is 19.5 Å². The van der Waals surface area contributed by atoms with E-state index in [0.717, 1.165) is 6.42 Å². The molecule has 0 bridgehead atoms. The molecule has 0 spiro atoms. The molecule has 2 aliphatic heterocycles. The molecule has 0 radical (unpaired) electrons. The second-order valence-electron chi connectivity index (χ2n) is 6.00. The fourth-order valence-corrected chi connectivity index (χ4v) is 3.12. The number of morpholine rings is 1. The smallest absolute Gasteiger partial charge is 0.332 e. The number of carbonyl (C=O) groups is 2. The standard InChI is InChI=1S/C17H21NO5/c19-16(14-6-7-15(23-14)17(20)21)18-8-9-22-13(11-18)10-12-4-2-1-3-5-12/h1-5,13-15H,6-11H2,(H,20,21)/t13?,14-,15+/m0/s1. The Balaban J connectivity index is 1.56. The number of hydrogen-bond donors (Lipinski definition) is 1. The first kappa shape index (κ1) is 16.0. The predicted molar refractivity (Wildman–Crippen MR) is 82.0 cm³/mol. The van der Waals surface area contributed by atoms with Crippen molar-refractivity contribution < 1.29 is 24.2 Å². The van der Waals surface area contributed by atoms with Gasteiger partial charge >= 0.3 is 5.97 Å². The molecule has 2 heterocycles. The fourth-order valence-electron chi connectivity index (χ4n) is 3.12. The number of aliphatic carboxylic acids is 1. The van der Waals surface area contributed by atoms with Crippen molar-refractivity contribution in [1.82, 2.24) is 4.90 Å². The lowest BCUT2D eigenvalue weighted by atomic mass is 10.1. The average Bonchev–Trinajstić information content (AvgIpc) is 3.06. The molecule has 3 atom stereocenters. The van der Waals surface area contributed by atoms with E-state index >= 15 is 0 Å². The Labute approximate surface area is 135 Å². The van der Waals surface area contributed by atoms with Gasteiger partial charge in [0.05, 0.1) is 12.7 Å². The molecule has 1 unspecified atom stereocenters. The van der Waals surface area contributed by atoms with Crippen molar-refractivity contribution in [3.8, 4) is 0 Å². The Morgan fingerprint density at radius 1 is 1.17 bits per heavy atom. The molecule has 2 aliphatic rings. The number of carboxylic acids is 1.